The Bertz CT molecular complexity index is 1600. The Labute approximate surface area is 245 Å². The van der Waals surface area contributed by atoms with Gasteiger partial charge in [0.25, 0.3) is 5.91 Å². The highest BCUT2D eigenvalue weighted by molar-refractivity contribution is 6.31. The van der Waals surface area contributed by atoms with Crippen molar-refractivity contribution in [2.24, 2.45) is 5.92 Å². The van der Waals surface area contributed by atoms with Crippen LogP contribution >= 0.6 is 11.6 Å². The fourth-order valence-corrected chi connectivity index (χ4v) is 6.15. The van der Waals surface area contributed by atoms with Crippen LogP contribution in [0.1, 0.15) is 45.9 Å². The van der Waals surface area contributed by atoms with Gasteiger partial charge in [0.15, 0.2) is 6.04 Å². The number of anilines is 2. The van der Waals surface area contributed by atoms with Crippen LogP contribution in [0.3, 0.4) is 0 Å². The Kier molecular flexibility index (Phi) is 7.40. The first-order valence-electron chi connectivity index (χ1n) is 13.6. The van der Waals surface area contributed by atoms with Crippen molar-refractivity contribution < 1.29 is 22.8 Å². The third kappa shape index (κ3) is 5.34. The van der Waals surface area contributed by atoms with E-state index in [2.05, 4.69) is 15.7 Å². The van der Waals surface area contributed by atoms with Crippen LogP contribution < -0.4 is 10.6 Å². The lowest BCUT2D eigenvalue weighted by atomic mass is 9.88. The van der Waals surface area contributed by atoms with E-state index in [1.807, 2.05) is 18.2 Å². The molecule has 2 N–H and O–H groups in total. The molecule has 7 nitrogen and oxygen atoms in total. The lowest BCUT2D eigenvalue weighted by Crippen LogP contribution is -2.37. The standard InChI is InChI=1S/C31H27ClF3N5O2/c32-25-14-8-7-13-21(25)23-17-39(18-24(23)29(41)37-20-11-5-2-6-12-20)30(42)22-16-36-40-27(31(33,34)35)15-26(38-28(22)40)19-9-3-1-4-10-19/h1-14,16,23-24,26-27,38H,15,17-18H2,(H,37,41)/t23?,24?,26-,27+/m1/s1. The predicted octanol–water partition coefficient (Wildman–Crippen LogP) is 6.69. The maximum Gasteiger partial charge on any atom is 0.410 e. The number of carbonyl (C=O) groups excluding carboxylic acids is 2. The number of likely N-dealkylation sites (tertiary alicyclic amines) is 1. The molecule has 0 aliphatic carbocycles. The maximum atomic E-state index is 14.2. The number of halogens is 4. The van der Waals surface area contributed by atoms with E-state index >= 15 is 0 Å². The van der Waals surface area contributed by atoms with Gasteiger partial charge in [-0.3, -0.25) is 9.59 Å². The zero-order valence-corrected chi connectivity index (χ0v) is 23.0. The van der Waals surface area contributed by atoms with Gasteiger partial charge in [-0.25, -0.2) is 4.68 Å². The van der Waals surface area contributed by atoms with Gasteiger partial charge in [0.1, 0.15) is 11.4 Å². The lowest BCUT2D eigenvalue weighted by Gasteiger charge is -2.34. The van der Waals surface area contributed by atoms with Gasteiger partial charge in [-0.15, -0.1) is 0 Å². The molecule has 11 heteroatoms. The molecule has 3 aromatic carbocycles. The molecule has 216 valence electrons. The summed E-state index contributed by atoms with van der Waals surface area (Å²) in [6.07, 6.45) is -3.66. The topological polar surface area (TPSA) is 79.3 Å². The molecule has 0 spiro atoms. The lowest BCUT2D eigenvalue weighted by molar-refractivity contribution is -0.173. The summed E-state index contributed by atoms with van der Waals surface area (Å²) >= 11 is 6.52. The highest BCUT2D eigenvalue weighted by Gasteiger charge is 2.48. The molecule has 1 fully saturated rings. The number of carbonyl (C=O) groups is 2. The summed E-state index contributed by atoms with van der Waals surface area (Å²) in [5.41, 5.74) is 2.03. The molecule has 2 aliphatic heterocycles. The van der Waals surface area contributed by atoms with Crippen LogP contribution in [0, 0.1) is 5.92 Å². The van der Waals surface area contributed by atoms with Crippen LogP contribution in [-0.4, -0.2) is 45.8 Å². The zero-order valence-electron chi connectivity index (χ0n) is 22.3. The summed E-state index contributed by atoms with van der Waals surface area (Å²) in [4.78, 5) is 29.0. The number of para-hydroxylation sites is 1. The van der Waals surface area contributed by atoms with Crippen LogP contribution in [-0.2, 0) is 4.79 Å². The smallest absolute Gasteiger partial charge is 0.363 e. The summed E-state index contributed by atoms with van der Waals surface area (Å²) in [6.45, 7) is 0.216. The normalized spacial score (nSPS) is 21.9. The fourth-order valence-electron chi connectivity index (χ4n) is 5.88. The van der Waals surface area contributed by atoms with Crippen LogP contribution in [0.15, 0.2) is 91.1 Å². The molecular formula is C31H27ClF3N5O2. The Hall–Kier alpha value is -4.31. The van der Waals surface area contributed by atoms with Gasteiger partial charge in [0, 0.05) is 36.1 Å². The molecule has 0 saturated carbocycles. The van der Waals surface area contributed by atoms with E-state index in [0.29, 0.717) is 16.3 Å². The fraction of sp³-hybridized carbons (Fsp3) is 0.258. The molecular weight excluding hydrogens is 567 g/mol. The van der Waals surface area contributed by atoms with Crippen LogP contribution in [0.25, 0.3) is 0 Å². The Morgan fingerprint density at radius 3 is 2.29 bits per heavy atom. The summed E-state index contributed by atoms with van der Waals surface area (Å²) in [5, 5.41) is 10.5. The number of nitrogens with zero attached hydrogens (tertiary/aromatic N) is 3. The second kappa shape index (κ2) is 11.2. The summed E-state index contributed by atoms with van der Waals surface area (Å²) in [5.74, 6) is -1.85. The van der Waals surface area contributed by atoms with E-state index in [4.69, 9.17) is 11.6 Å². The summed E-state index contributed by atoms with van der Waals surface area (Å²) in [6, 6.07) is 22.4. The number of alkyl halides is 3. The molecule has 0 bridgehead atoms. The number of hydrogen-bond donors (Lipinski definition) is 2. The first-order valence-corrected chi connectivity index (χ1v) is 13.9. The van der Waals surface area contributed by atoms with Gasteiger partial charge in [0.05, 0.1) is 18.2 Å². The average molecular weight is 594 g/mol. The van der Waals surface area contributed by atoms with Crippen molar-refractivity contribution in [1.82, 2.24) is 14.7 Å². The third-order valence-electron chi connectivity index (χ3n) is 7.96. The second-order valence-corrected chi connectivity index (χ2v) is 11.0. The molecule has 2 aliphatic rings. The molecule has 4 atom stereocenters. The number of rotatable bonds is 5. The molecule has 2 amide bonds. The van der Waals surface area contributed by atoms with E-state index in [1.54, 1.807) is 66.7 Å². The number of amides is 2. The van der Waals surface area contributed by atoms with E-state index in [1.165, 1.54) is 11.1 Å². The maximum absolute atomic E-state index is 14.2. The monoisotopic (exact) mass is 593 g/mol. The molecule has 3 heterocycles. The first-order chi connectivity index (χ1) is 20.2. The molecule has 1 saturated heterocycles. The van der Waals surface area contributed by atoms with Crippen LogP contribution in [0.5, 0.6) is 0 Å². The Morgan fingerprint density at radius 1 is 0.929 bits per heavy atom. The number of aromatic nitrogens is 2. The third-order valence-corrected chi connectivity index (χ3v) is 8.30. The van der Waals surface area contributed by atoms with Crippen molar-refractivity contribution in [3.8, 4) is 0 Å². The highest BCUT2D eigenvalue weighted by atomic mass is 35.5. The second-order valence-electron chi connectivity index (χ2n) is 10.6. The van der Waals surface area contributed by atoms with Crippen LogP contribution in [0.4, 0.5) is 24.7 Å². The predicted molar refractivity (Wildman–Crippen MR) is 153 cm³/mol. The number of benzene rings is 3. The number of fused-ring (bicyclic) bond motifs is 1. The van der Waals surface area contributed by atoms with Crippen molar-refractivity contribution in [2.75, 3.05) is 23.7 Å². The van der Waals surface area contributed by atoms with Gasteiger partial charge in [-0.05, 0) is 29.3 Å². The Morgan fingerprint density at radius 2 is 1.60 bits per heavy atom. The largest absolute Gasteiger partial charge is 0.410 e. The SMILES string of the molecule is O=C(Nc1ccccc1)C1CN(C(=O)c2cnn3c2N[C@@H](c2ccccc2)C[C@H]3C(F)(F)F)CC1c1ccccc1Cl. The van der Waals surface area contributed by atoms with Gasteiger partial charge in [-0.1, -0.05) is 78.3 Å². The molecule has 2 unspecified atom stereocenters. The molecule has 4 aromatic rings. The van der Waals surface area contributed by atoms with E-state index in [9.17, 15) is 22.8 Å². The quantitative estimate of drug-likeness (QED) is 0.270. The molecule has 42 heavy (non-hydrogen) atoms. The van der Waals surface area contributed by atoms with Crippen molar-refractivity contribution in [3.05, 3.63) is 113 Å². The van der Waals surface area contributed by atoms with E-state index < -0.39 is 36.0 Å². The first kappa shape index (κ1) is 27.8. The van der Waals surface area contributed by atoms with Gasteiger partial charge in [-0.2, -0.15) is 18.3 Å². The number of nitrogens with one attached hydrogen (secondary N) is 2. The van der Waals surface area contributed by atoms with Gasteiger partial charge in [0.2, 0.25) is 5.91 Å². The van der Waals surface area contributed by atoms with Crippen molar-refractivity contribution in [2.45, 2.75) is 30.6 Å². The number of hydrogen-bond acceptors (Lipinski definition) is 4. The summed E-state index contributed by atoms with van der Waals surface area (Å²) < 4.78 is 43.4. The molecule has 0 radical (unpaired) electrons. The van der Waals surface area contributed by atoms with Gasteiger partial charge >= 0.3 is 6.18 Å². The minimum Gasteiger partial charge on any atom is -0.363 e. The average Bonchev–Trinajstić information content (AvgIpc) is 3.62. The molecule has 6 rings (SSSR count). The highest BCUT2D eigenvalue weighted by Crippen LogP contribution is 2.45. The van der Waals surface area contributed by atoms with Crippen molar-refractivity contribution >= 4 is 34.9 Å². The van der Waals surface area contributed by atoms with Crippen molar-refractivity contribution in [3.63, 3.8) is 0 Å². The van der Waals surface area contributed by atoms with Crippen molar-refractivity contribution in [1.29, 1.82) is 0 Å². The minimum atomic E-state index is -4.57. The summed E-state index contributed by atoms with van der Waals surface area (Å²) in [7, 11) is 0. The molecule has 1 aromatic heterocycles. The van der Waals surface area contributed by atoms with Gasteiger partial charge < -0.3 is 15.5 Å². The van der Waals surface area contributed by atoms with Crippen LogP contribution in [0.2, 0.25) is 5.02 Å². The Balaban J connectivity index is 1.32. The van der Waals surface area contributed by atoms with E-state index in [-0.39, 0.29) is 36.8 Å². The minimum absolute atomic E-state index is 0.00825. The van der Waals surface area contributed by atoms with E-state index in [0.717, 1.165) is 10.2 Å². The zero-order chi connectivity index (χ0) is 29.4.